The molecule has 1 nitrogen and oxygen atoms in total. The molecule has 0 aliphatic heterocycles. The molecule has 1 atom stereocenters. The number of allylic oxidation sites excluding steroid dienone is 5. The lowest BCUT2D eigenvalue weighted by Gasteiger charge is -2.30. The molecule has 0 aromatic heterocycles. The van der Waals surface area contributed by atoms with E-state index in [-0.39, 0.29) is 5.41 Å². The molecule has 0 amide bonds. The second-order valence-electron chi connectivity index (χ2n) is 6.40. The first-order valence-electron chi connectivity index (χ1n) is 7.64. The Kier molecular flexibility index (Phi) is 3.95. The Balaban J connectivity index is 1.77. The van der Waals surface area contributed by atoms with Gasteiger partial charge in [0.2, 0.25) is 0 Å². The van der Waals surface area contributed by atoms with Gasteiger partial charge in [-0.25, -0.2) is 0 Å². The predicted molar refractivity (Wildman–Crippen MR) is 91.4 cm³/mol. The summed E-state index contributed by atoms with van der Waals surface area (Å²) in [4.78, 5) is 0. The highest BCUT2D eigenvalue weighted by Crippen LogP contribution is 2.33. The molecule has 0 saturated carbocycles. The van der Waals surface area contributed by atoms with Crippen molar-refractivity contribution in [1.29, 1.82) is 0 Å². The largest absolute Gasteiger partial charge is 0.387 e. The maximum Gasteiger partial charge on any atom is 0.0409 e. The minimum atomic E-state index is 0.225. The van der Waals surface area contributed by atoms with Crippen molar-refractivity contribution < 1.29 is 0 Å². The Labute approximate surface area is 132 Å². The fourth-order valence-corrected chi connectivity index (χ4v) is 3.37. The van der Waals surface area contributed by atoms with E-state index in [4.69, 9.17) is 11.6 Å². The first-order chi connectivity index (χ1) is 10.1. The highest BCUT2D eigenvalue weighted by atomic mass is 35.5. The highest BCUT2D eigenvalue weighted by molar-refractivity contribution is 6.30. The lowest BCUT2D eigenvalue weighted by molar-refractivity contribution is 0.408. The van der Waals surface area contributed by atoms with Gasteiger partial charge in [0.25, 0.3) is 0 Å². The average Bonchev–Trinajstić information content (AvgIpc) is 2.47. The van der Waals surface area contributed by atoms with Crippen LogP contribution in [0, 0.1) is 5.41 Å². The molecule has 0 fully saturated rings. The molecule has 0 heterocycles. The van der Waals surface area contributed by atoms with Gasteiger partial charge in [0, 0.05) is 22.7 Å². The van der Waals surface area contributed by atoms with Crippen LogP contribution in [0.25, 0.3) is 5.57 Å². The molecule has 0 bridgehead atoms. The van der Waals surface area contributed by atoms with E-state index < -0.39 is 0 Å². The number of hydrogen-bond acceptors (Lipinski definition) is 1. The van der Waals surface area contributed by atoms with Gasteiger partial charge < -0.3 is 5.32 Å². The summed E-state index contributed by atoms with van der Waals surface area (Å²) in [5.41, 5.74) is 5.69. The van der Waals surface area contributed by atoms with Gasteiger partial charge in [-0.05, 0) is 55.0 Å². The van der Waals surface area contributed by atoms with Crippen molar-refractivity contribution in [3.63, 3.8) is 0 Å². The van der Waals surface area contributed by atoms with E-state index in [0.717, 1.165) is 30.8 Å². The summed E-state index contributed by atoms with van der Waals surface area (Å²) in [5, 5.41) is 4.54. The topological polar surface area (TPSA) is 12.0 Å². The van der Waals surface area contributed by atoms with Crippen LogP contribution in [0.3, 0.4) is 0 Å². The lowest BCUT2D eigenvalue weighted by atomic mass is 9.83. The van der Waals surface area contributed by atoms with E-state index in [1.807, 2.05) is 6.07 Å². The van der Waals surface area contributed by atoms with Crippen LogP contribution in [0.4, 0.5) is 0 Å². The average molecular weight is 300 g/mol. The molecule has 21 heavy (non-hydrogen) atoms. The molecule has 2 aliphatic carbocycles. The normalized spacial score (nSPS) is 24.1. The standard InChI is InChI=1S/C19H22ClN/c1-14-17-8-7-16(20)12-15(17)6-9-18(14)21-13-19(2)10-4-3-5-11-19/h3-5,7-8,10,12,21H,6,9,11,13H2,1-2H3/t19-/m0/s1. The Bertz CT molecular complexity index is 639. The van der Waals surface area contributed by atoms with E-state index in [1.165, 1.54) is 22.4 Å². The minimum absolute atomic E-state index is 0.225. The second-order valence-corrected chi connectivity index (χ2v) is 6.84. The van der Waals surface area contributed by atoms with Crippen molar-refractivity contribution in [2.75, 3.05) is 6.54 Å². The smallest absolute Gasteiger partial charge is 0.0409 e. The summed E-state index contributed by atoms with van der Waals surface area (Å²) >= 11 is 6.10. The first-order valence-corrected chi connectivity index (χ1v) is 8.02. The summed E-state index contributed by atoms with van der Waals surface area (Å²) in [7, 11) is 0. The molecule has 1 aromatic carbocycles. The number of hydrogen-bond donors (Lipinski definition) is 1. The Hall–Kier alpha value is -1.47. The molecule has 0 radical (unpaired) electrons. The number of nitrogens with one attached hydrogen (secondary N) is 1. The maximum atomic E-state index is 6.10. The van der Waals surface area contributed by atoms with E-state index >= 15 is 0 Å². The van der Waals surface area contributed by atoms with Crippen LogP contribution in [-0.2, 0) is 6.42 Å². The van der Waals surface area contributed by atoms with Crippen LogP contribution >= 0.6 is 11.6 Å². The molecule has 2 heteroatoms. The van der Waals surface area contributed by atoms with Crippen LogP contribution in [0.5, 0.6) is 0 Å². The van der Waals surface area contributed by atoms with Crippen LogP contribution in [0.1, 0.15) is 37.8 Å². The molecule has 2 aliphatic rings. The third-order valence-corrected chi connectivity index (χ3v) is 4.84. The number of rotatable bonds is 3. The zero-order chi connectivity index (χ0) is 14.9. The first kappa shape index (κ1) is 14.5. The van der Waals surface area contributed by atoms with E-state index in [1.54, 1.807) is 0 Å². The van der Waals surface area contributed by atoms with E-state index in [2.05, 4.69) is 55.6 Å². The molecule has 110 valence electrons. The van der Waals surface area contributed by atoms with Crippen molar-refractivity contribution in [2.24, 2.45) is 5.41 Å². The second kappa shape index (κ2) is 5.73. The van der Waals surface area contributed by atoms with Crippen LogP contribution < -0.4 is 5.32 Å². The third kappa shape index (κ3) is 3.08. The molecule has 1 aromatic rings. The molecule has 1 N–H and O–H groups in total. The van der Waals surface area contributed by atoms with Gasteiger partial charge in [0.15, 0.2) is 0 Å². The molecule has 0 spiro atoms. The molecule has 0 unspecified atom stereocenters. The maximum absolute atomic E-state index is 6.10. The number of fused-ring (bicyclic) bond motifs is 1. The highest BCUT2D eigenvalue weighted by Gasteiger charge is 2.22. The van der Waals surface area contributed by atoms with E-state index in [9.17, 15) is 0 Å². The van der Waals surface area contributed by atoms with E-state index in [0.29, 0.717) is 0 Å². The van der Waals surface area contributed by atoms with Crippen LogP contribution in [0.15, 0.2) is 48.2 Å². The van der Waals surface area contributed by atoms with Crippen molar-refractivity contribution in [2.45, 2.75) is 33.1 Å². The molecule has 0 saturated heterocycles. The summed E-state index contributed by atoms with van der Waals surface area (Å²) in [6.07, 6.45) is 12.1. The summed E-state index contributed by atoms with van der Waals surface area (Å²) in [6, 6.07) is 6.24. The van der Waals surface area contributed by atoms with Gasteiger partial charge >= 0.3 is 0 Å². The van der Waals surface area contributed by atoms with Crippen molar-refractivity contribution in [3.05, 3.63) is 64.3 Å². The summed E-state index contributed by atoms with van der Waals surface area (Å²) in [6.45, 7) is 5.52. The van der Waals surface area contributed by atoms with Gasteiger partial charge in [-0.15, -0.1) is 0 Å². The summed E-state index contributed by atoms with van der Waals surface area (Å²) in [5.74, 6) is 0. The SMILES string of the molecule is CC1=C(NC[C@@]2(C)C=CC=CC2)CCc2cc(Cl)ccc21. The quantitative estimate of drug-likeness (QED) is 0.816. The zero-order valence-corrected chi connectivity index (χ0v) is 13.5. The number of benzene rings is 1. The molecule has 3 rings (SSSR count). The number of aryl methyl sites for hydroxylation is 1. The Morgan fingerprint density at radius 1 is 1.24 bits per heavy atom. The van der Waals surface area contributed by atoms with Crippen LogP contribution in [-0.4, -0.2) is 6.54 Å². The zero-order valence-electron chi connectivity index (χ0n) is 12.7. The van der Waals surface area contributed by atoms with Gasteiger partial charge in [0.05, 0.1) is 0 Å². The monoisotopic (exact) mass is 299 g/mol. The van der Waals surface area contributed by atoms with Gasteiger partial charge in [0.1, 0.15) is 0 Å². The van der Waals surface area contributed by atoms with Crippen molar-refractivity contribution in [1.82, 2.24) is 5.32 Å². The van der Waals surface area contributed by atoms with Crippen molar-refractivity contribution >= 4 is 17.2 Å². The fraction of sp³-hybridized carbons (Fsp3) is 0.368. The van der Waals surface area contributed by atoms with Gasteiger partial charge in [-0.3, -0.25) is 0 Å². The fourth-order valence-electron chi connectivity index (χ4n) is 3.18. The number of halogens is 1. The van der Waals surface area contributed by atoms with Gasteiger partial charge in [-0.1, -0.05) is 48.9 Å². The Morgan fingerprint density at radius 3 is 2.86 bits per heavy atom. The van der Waals surface area contributed by atoms with Crippen molar-refractivity contribution in [3.8, 4) is 0 Å². The van der Waals surface area contributed by atoms with Gasteiger partial charge in [-0.2, -0.15) is 0 Å². The third-order valence-electron chi connectivity index (χ3n) is 4.60. The molecular weight excluding hydrogens is 278 g/mol. The Morgan fingerprint density at radius 2 is 2.10 bits per heavy atom. The predicted octanol–water partition coefficient (Wildman–Crippen LogP) is 5.13. The lowest BCUT2D eigenvalue weighted by Crippen LogP contribution is -2.31. The minimum Gasteiger partial charge on any atom is -0.387 e. The molecular formula is C19H22ClN. The van der Waals surface area contributed by atoms with Crippen LogP contribution in [0.2, 0.25) is 5.02 Å². The summed E-state index contributed by atoms with van der Waals surface area (Å²) < 4.78 is 0.